The molecule has 0 bridgehead atoms. The number of ether oxygens (including phenoxy) is 3. The van der Waals surface area contributed by atoms with Crippen molar-refractivity contribution >= 4 is 11.6 Å². The monoisotopic (exact) mass is 451 g/mol. The Bertz CT molecular complexity index is 1130. The van der Waals surface area contributed by atoms with Crippen LogP contribution in [0.1, 0.15) is 39.4 Å². The van der Waals surface area contributed by atoms with Crippen molar-refractivity contribution in [2.45, 2.75) is 32.9 Å². The summed E-state index contributed by atoms with van der Waals surface area (Å²) in [5.74, 6) is 2.45. The molecule has 0 spiro atoms. The number of nitrogens with zero attached hydrogens (tertiary/aromatic N) is 1. The summed E-state index contributed by atoms with van der Waals surface area (Å²) in [6.45, 7) is 6.02. The number of fused-ring (bicyclic) bond motifs is 1. The highest BCUT2D eigenvalue weighted by atomic mass is 35.5. The van der Waals surface area contributed by atoms with Gasteiger partial charge >= 0.3 is 0 Å². The van der Waals surface area contributed by atoms with E-state index in [4.69, 9.17) is 25.8 Å². The molecular weight excluding hydrogens is 422 g/mol. The lowest BCUT2D eigenvalue weighted by Crippen LogP contribution is -2.36. The maximum Gasteiger partial charge on any atom is 0.161 e. The van der Waals surface area contributed by atoms with Crippen molar-refractivity contribution < 1.29 is 14.2 Å². The Labute approximate surface area is 195 Å². The maximum atomic E-state index is 6.41. The van der Waals surface area contributed by atoms with Gasteiger partial charge in [-0.15, -0.1) is 0 Å². The molecule has 1 heterocycles. The standard InChI is InChI=1S/C27H30ClNO3/c1-17-12-24(30-3)18(2)11-21(17)16-29-10-9-19-14-25(31-4)26(32-5)15-23(19)27(29)20-7-6-8-22(28)13-20/h6-8,11-15,27H,9-10,16H2,1-5H3. The maximum absolute atomic E-state index is 6.41. The lowest BCUT2D eigenvalue weighted by Gasteiger charge is -2.38. The highest BCUT2D eigenvalue weighted by Crippen LogP contribution is 2.42. The molecule has 0 saturated carbocycles. The minimum Gasteiger partial charge on any atom is -0.496 e. The Kier molecular flexibility index (Phi) is 6.63. The second kappa shape index (κ2) is 9.43. The minimum atomic E-state index is 0.0686. The first-order chi connectivity index (χ1) is 15.4. The van der Waals surface area contributed by atoms with Crippen molar-refractivity contribution in [1.82, 2.24) is 4.90 Å². The molecule has 3 aromatic rings. The fraction of sp³-hybridized carbons (Fsp3) is 0.333. The summed E-state index contributed by atoms with van der Waals surface area (Å²) in [7, 11) is 5.09. The summed E-state index contributed by atoms with van der Waals surface area (Å²) >= 11 is 6.41. The number of hydrogen-bond acceptors (Lipinski definition) is 4. The molecule has 4 rings (SSSR count). The highest BCUT2D eigenvalue weighted by molar-refractivity contribution is 6.30. The van der Waals surface area contributed by atoms with Crippen molar-refractivity contribution in [3.63, 3.8) is 0 Å². The molecule has 1 aliphatic heterocycles. The van der Waals surface area contributed by atoms with Crippen LogP contribution in [0.15, 0.2) is 48.5 Å². The van der Waals surface area contributed by atoms with Gasteiger partial charge in [-0.05, 0) is 84.0 Å². The second-order valence-corrected chi connectivity index (χ2v) is 8.77. The molecule has 0 aromatic heterocycles. The van der Waals surface area contributed by atoms with Crippen molar-refractivity contribution in [1.29, 1.82) is 0 Å². The molecule has 5 heteroatoms. The lowest BCUT2D eigenvalue weighted by molar-refractivity contribution is 0.203. The Morgan fingerprint density at radius 3 is 2.28 bits per heavy atom. The van der Waals surface area contributed by atoms with Crippen LogP contribution in [0.25, 0.3) is 0 Å². The largest absolute Gasteiger partial charge is 0.496 e. The van der Waals surface area contributed by atoms with E-state index in [1.807, 2.05) is 12.1 Å². The zero-order chi connectivity index (χ0) is 22.8. The van der Waals surface area contributed by atoms with Gasteiger partial charge in [0.1, 0.15) is 5.75 Å². The van der Waals surface area contributed by atoms with Crippen molar-refractivity contribution in [2.24, 2.45) is 0 Å². The highest BCUT2D eigenvalue weighted by Gasteiger charge is 2.31. The van der Waals surface area contributed by atoms with Gasteiger partial charge in [0.05, 0.1) is 27.4 Å². The molecule has 0 fully saturated rings. The third-order valence-electron chi connectivity index (χ3n) is 6.36. The first-order valence-corrected chi connectivity index (χ1v) is 11.2. The zero-order valence-electron chi connectivity index (χ0n) is 19.4. The summed E-state index contributed by atoms with van der Waals surface area (Å²) in [5.41, 5.74) is 7.38. The van der Waals surface area contributed by atoms with Crippen LogP contribution in [-0.4, -0.2) is 32.8 Å². The molecule has 32 heavy (non-hydrogen) atoms. The second-order valence-electron chi connectivity index (χ2n) is 8.33. The Morgan fingerprint density at radius 1 is 0.875 bits per heavy atom. The first-order valence-electron chi connectivity index (χ1n) is 10.8. The molecule has 3 aromatic carbocycles. The molecule has 0 N–H and O–H groups in total. The molecule has 0 saturated heterocycles. The van der Waals surface area contributed by atoms with Crippen LogP contribution in [0.3, 0.4) is 0 Å². The van der Waals surface area contributed by atoms with E-state index in [0.29, 0.717) is 0 Å². The van der Waals surface area contributed by atoms with Crippen molar-refractivity contribution in [3.05, 3.63) is 86.9 Å². The summed E-state index contributed by atoms with van der Waals surface area (Å²) in [6.07, 6.45) is 0.945. The zero-order valence-corrected chi connectivity index (χ0v) is 20.1. The van der Waals surface area contributed by atoms with Gasteiger partial charge in [0.2, 0.25) is 0 Å². The van der Waals surface area contributed by atoms with Gasteiger partial charge in [-0.1, -0.05) is 29.8 Å². The number of rotatable bonds is 6. The van der Waals surface area contributed by atoms with Gasteiger partial charge < -0.3 is 14.2 Å². The fourth-order valence-electron chi connectivity index (χ4n) is 4.69. The number of aryl methyl sites for hydroxylation is 2. The minimum absolute atomic E-state index is 0.0686. The summed E-state index contributed by atoms with van der Waals surface area (Å²) < 4.78 is 16.7. The van der Waals surface area contributed by atoms with Crippen LogP contribution in [0, 0.1) is 13.8 Å². The van der Waals surface area contributed by atoms with Crippen LogP contribution in [0.4, 0.5) is 0 Å². The molecule has 1 unspecified atom stereocenters. The van der Waals surface area contributed by atoms with Crippen LogP contribution in [0.5, 0.6) is 17.2 Å². The molecule has 168 valence electrons. The van der Waals surface area contributed by atoms with E-state index >= 15 is 0 Å². The SMILES string of the molecule is COc1cc(C)c(CN2CCc3cc(OC)c(OC)cc3C2c2cccc(Cl)c2)cc1C. The number of hydrogen-bond donors (Lipinski definition) is 0. The van der Waals surface area contributed by atoms with Crippen LogP contribution < -0.4 is 14.2 Å². The average molecular weight is 452 g/mol. The average Bonchev–Trinajstić information content (AvgIpc) is 2.80. The van der Waals surface area contributed by atoms with E-state index in [0.717, 1.165) is 47.3 Å². The van der Waals surface area contributed by atoms with Crippen molar-refractivity contribution in [2.75, 3.05) is 27.9 Å². The van der Waals surface area contributed by atoms with Gasteiger partial charge in [-0.25, -0.2) is 0 Å². The summed E-state index contributed by atoms with van der Waals surface area (Å²) in [4.78, 5) is 2.52. The van der Waals surface area contributed by atoms with E-state index in [1.165, 1.54) is 27.8 Å². The fourth-order valence-corrected chi connectivity index (χ4v) is 4.89. The Morgan fingerprint density at radius 2 is 1.59 bits per heavy atom. The molecular formula is C27H30ClNO3. The third-order valence-corrected chi connectivity index (χ3v) is 6.60. The Hall–Kier alpha value is -2.69. The smallest absolute Gasteiger partial charge is 0.161 e. The van der Waals surface area contributed by atoms with E-state index in [9.17, 15) is 0 Å². The van der Waals surface area contributed by atoms with Gasteiger partial charge in [0.25, 0.3) is 0 Å². The van der Waals surface area contributed by atoms with Gasteiger partial charge in [0, 0.05) is 18.1 Å². The summed E-state index contributed by atoms with van der Waals surface area (Å²) in [6, 6.07) is 16.8. The normalized spacial score (nSPS) is 15.9. The molecule has 4 nitrogen and oxygen atoms in total. The van der Waals surface area contributed by atoms with Gasteiger partial charge in [-0.2, -0.15) is 0 Å². The molecule has 1 aliphatic rings. The molecule has 1 atom stereocenters. The van der Waals surface area contributed by atoms with Crippen molar-refractivity contribution in [3.8, 4) is 17.2 Å². The predicted molar refractivity (Wildman–Crippen MR) is 129 cm³/mol. The topological polar surface area (TPSA) is 30.9 Å². The lowest BCUT2D eigenvalue weighted by atomic mass is 9.87. The number of benzene rings is 3. The van der Waals surface area contributed by atoms with E-state index in [2.05, 4.69) is 55.1 Å². The van der Waals surface area contributed by atoms with Crippen LogP contribution in [0.2, 0.25) is 5.02 Å². The number of methoxy groups -OCH3 is 3. The number of halogens is 1. The molecule has 0 radical (unpaired) electrons. The molecule has 0 aliphatic carbocycles. The molecule has 0 amide bonds. The van der Waals surface area contributed by atoms with Crippen LogP contribution in [-0.2, 0) is 13.0 Å². The first kappa shape index (κ1) is 22.5. The van der Waals surface area contributed by atoms with Gasteiger partial charge in [0.15, 0.2) is 11.5 Å². The quantitative estimate of drug-likeness (QED) is 0.451. The van der Waals surface area contributed by atoms with Crippen LogP contribution >= 0.6 is 11.6 Å². The summed E-state index contributed by atoms with van der Waals surface area (Å²) in [5, 5.41) is 0.742. The van der Waals surface area contributed by atoms with E-state index in [1.54, 1.807) is 21.3 Å². The Balaban J connectivity index is 1.80. The van der Waals surface area contributed by atoms with Gasteiger partial charge in [-0.3, -0.25) is 4.90 Å². The predicted octanol–water partition coefficient (Wildman–Crippen LogP) is 6.13. The third kappa shape index (κ3) is 4.30. The van der Waals surface area contributed by atoms with E-state index in [-0.39, 0.29) is 6.04 Å². The van der Waals surface area contributed by atoms with E-state index < -0.39 is 0 Å².